The number of carbonyl (C=O) groups excluding carboxylic acids is 1. The van der Waals surface area contributed by atoms with Crippen LogP contribution in [-0.2, 0) is 9.53 Å². The summed E-state index contributed by atoms with van der Waals surface area (Å²) in [7, 11) is 0. The first kappa shape index (κ1) is 18.2. The number of hydrogen-bond donors (Lipinski definition) is 1. The van der Waals surface area contributed by atoms with Crippen molar-refractivity contribution in [3.05, 3.63) is 29.8 Å². The molecule has 1 N–H and O–H groups in total. The summed E-state index contributed by atoms with van der Waals surface area (Å²) in [5.74, 6) is 0.107. The predicted molar refractivity (Wildman–Crippen MR) is 93.8 cm³/mol. The molecule has 1 heterocycles. The molecule has 1 aromatic carbocycles. The summed E-state index contributed by atoms with van der Waals surface area (Å²) >= 11 is 0. The van der Waals surface area contributed by atoms with Gasteiger partial charge in [-0.1, -0.05) is 0 Å². The highest BCUT2D eigenvalue weighted by Crippen LogP contribution is 2.11. The predicted octanol–water partition coefficient (Wildman–Crippen LogP) is 1.54. The molecular weight excluding hydrogens is 304 g/mol. The Balaban J connectivity index is 1.76. The lowest BCUT2D eigenvalue weighted by molar-refractivity contribution is -0.132. The lowest BCUT2D eigenvalue weighted by atomic mass is 10.2. The maximum Gasteiger partial charge on any atom is 0.241 e. The Labute approximate surface area is 144 Å². The molecule has 24 heavy (non-hydrogen) atoms. The molecule has 1 saturated heterocycles. The summed E-state index contributed by atoms with van der Waals surface area (Å²) in [5, 5.41) is 11.9. The van der Waals surface area contributed by atoms with Crippen LogP contribution < -0.4 is 5.32 Å². The number of benzene rings is 1. The van der Waals surface area contributed by atoms with Gasteiger partial charge in [0.25, 0.3) is 0 Å². The monoisotopic (exact) mass is 330 g/mol. The summed E-state index contributed by atoms with van der Waals surface area (Å²) in [6.07, 6.45) is 0. The van der Waals surface area contributed by atoms with E-state index >= 15 is 0 Å². The smallest absolute Gasteiger partial charge is 0.241 e. The third-order valence-corrected chi connectivity index (χ3v) is 4.30. The van der Waals surface area contributed by atoms with Crippen molar-refractivity contribution in [2.75, 3.05) is 51.3 Å². The highest BCUT2D eigenvalue weighted by Gasteiger charge is 2.26. The lowest BCUT2D eigenvalue weighted by Crippen LogP contribution is -2.55. The number of nitriles is 1. The van der Waals surface area contributed by atoms with Gasteiger partial charge in [-0.3, -0.25) is 9.69 Å². The highest BCUT2D eigenvalue weighted by molar-refractivity contribution is 5.81. The van der Waals surface area contributed by atoms with Crippen LogP contribution in [0.2, 0.25) is 0 Å². The molecule has 130 valence electrons. The molecule has 1 amide bonds. The standard InChI is InChI=1S/C18H26N4O2/c1-3-24-11-10-21-8-9-22(14-15(21)2)18(23)13-20-17-6-4-16(12-19)5-7-17/h4-7,15,20H,3,8-11,13-14H2,1-2H3/t15-/m1/s1. The molecule has 6 nitrogen and oxygen atoms in total. The van der Waals surface area contributed by atoms with Crippen molar-refractivity contribution in [3.63, 3.8) is 0 Å². The van der Waals surface area contributed by atoms with Crippen LogP contribution in [0.3, 0.4) is 0 Å². The minimum absolute atomic E-state index is 0.107. The summed E-state index contributed by atoms with van der Waals surface area (Å²) in [6, 6.07) is 9.55. The van der Waals surface area contributed by atoms with E-state index < -0.39 is 0 Å². The number of anilines is 1. The Morgan fingerprint density at radius 3 is 2.75 bits per heavy atom. The third kappa shape index (κ3) is 5.22. The minimum atomic E-state index is 0.107. The fourth-order valence-electron chi connectivity index (χ4n) is 2.83. The maximum absolute atomic E-state index is 12.4. The quantitative estimate of drug-likeness (QED) is 0.768. The topological polar surface area (TPSA) is 68.6 Å². The number of rotatable bonds is 7. The zero-order valence-electron chi connectivity index (χ0n) is 14.5. The first-order valence-electron chi connectivity index (χ1n) is 8.47. The number of ether oxygens (including phenoxy) is 1. The first-order chi connectivity index (χ1) is 11.6. The van der Waals surface area contributed by atoms with Crippen LogP contribution in [0.1, 0.15) is 19.4 Å². The van der Waals surface area contributed by atoms with Gasteiger partial charge >= 0.3 is 0 Å². The number of amides is 1. The van der Waals surface area contributed by atoms with Crippen LogP contribution in [-0.4, -0.2) is 67.7 Å². The van der Waals surface area contributed by atoms with Crippen molar-refractivity contribution in [1.82, 2.24) is 9.80 Å². The van der Waals surface area contributed by atoms with Crippen LogP contribution in [0.4, 0.5) is 5.69 Å². The molecule has 6 heteroatoms. The van der Waals surface area contributed by atoms with E-state index in [2.05, 4.69) is 23.2 Å². The highest BCUT2D eigenvalue weighted by atomic mass is 16.5. The van der Waals surface area contributed by atoms with E-state index in [4.69, 9.17) is 10.00 Å². The number of nitrogens with one attached hydrogen (secondary N) is 1. The van der Waals surface area contributed by atoms with Gasteiger partial charge in [0.05, 0.1) is 24.8 Å². The molecule has 0 aromatic heterocycles. The van der Waals surface area contributed by atoms with Gasteiger partial charge in [0.15, 0.2) is 0 Å². The van der Waals surface area contributed by atoms with Crippen molar-refractivity contribution in [3.8, 4) is 6.07 Å². The van der Waals surface area contributed by atoms with Crippen LogP contribution in [0, 0.1) is 11.3 Å². The van der Waals surface area contributed by atoms with Gasteiger partial charge in [-0.05, 0) is 38.1 Å². The van der Waals surface area contributed by atoms with Gasteiger partial charge in [-0.15, -0.1) is 0 Å². The zero-order chi connectivity index (χ0) is 17.4. The Morgan fingerprint density at radius 2 is 2.12 bits per heavy atom. The van der Waals surface area contributed by atoms with Crippen molar-refractivity contribution >= 4 is 11.6 Å². The van der Waals surface area contributed by atoms with Gasteiger partial charge in [0.2, 0.25) is 5.91 Å². The van der Waals surface area contributed by atoms with Crippen molar-refractivity contribution in [2.24, 2.45) is 0 Å². The molecule has 1 aliphatic rings. The average Bonchev–Trinajstić information content (AvgIpc) is 2.61. The van der Waals surface area contributed by atoms with Crippen LogP contribution >= 0.6 is 0 Å². The minimum Gasteiger partial charge on any atom is -0.380 e. The van der Waals surface area contributed by atoms with E-state index in [1.54, 1.807) is 12.1 Å². The zero-order valence-corrected chi connectivity index (χ0v) is 14.5. The van der Waals surface area contributed by atoms with E-state index in [0.717, 1.165) is 45.1 Å². The second-order valence-corrected chi connectivity index (χ2v) is 5.96. The van der Waals surface area contributed by atoms with Gasteiger partial charge in [0.1, 0.15) is 0 Å². The molecular formula is C18H26N4O2. The van der Waals surface area contributed by atoms with Crippen molar-refractivity contribution < 1.29 is 9.53 Å². The SMILES string of the molecule is CCOCCN1CCN(C(=O)CNc2ccc(C#N)cc2)C[C@H]1C. The molecule has 1 fully saturated rings. The Kier molecular flexibility index (Phi) is 7.04. The molecule has 1 aromatic rings. The number of piperazine rings is 1. The van der Waals surface area contributed by atoms with Crippen LogP contribution in [0.15, 0.2) is 24.3 Å². The molecule has 0 bridgehead atoms. The summed E-state index contributed by atoms with van der Waals surface area (Å²) in [6.45, 7) is 9.22. The summed E-state index contributed by atoms with van der Waals surface area (Å²) in [5.41, 5.74) is 1.47. The Bertz CT molecular complexity index is 567. The molecule has 0 radical (unpaired) electrons. The van der Waals surface area contributed by atoms with E-state index in [1.165, 1.54) is 0 Å². The van der Waals surface area contributed by atoms with Gasteiger partial charge < -0.3 is 15.0 Å². The third-order valence-electron chi connectivity index (χ3n) is 4.30. The largest absolute Gasteiger partial charge is 0.380 e. The second kappa shape index (κ2) is 9.26. The number of carbonyl (C=O) groups is 1. The van der Waals surface area contributed by atoms with E-state index in [9.17, 15) is 4.79 Å². The van der Waals surface area contributed by atoms with Crippen molar-refractivity contribution in [2.45, 2.75) is 19.9 Å². The Hall–Kier alpha value is -2.10. The molecule has 2 rings (SSSR count). The van der Waals surface area contributed by atoms with E-state index in [0.29, 0.717) is 11.6 Å². The molecule has 1 aliphatic heterocycles. The number of hydrogen-bond acceptors (Lipinski definition) is 5. The first-order valence-corrected chi connectivity index (χ1v) is 8.47. The normalized spacial score (nSPS) is 18.2. The van der Waals surface area contributed by atoms with E-state index in [-0.39, 0.29) is 12.5 Å². The molecule has 0 unspecified atom stereocenters. The number of nitrogens with zero attached hydrogens (tertiary/aromatic N) is 3. The van der Waals surface area contributed by atoms with E-state index in [1.807, 2.05) is 24.0 Å². The molecule has 0 aliphatic carbocycles. The van der Waals surface area contributed by atoms with Crippen LogP contribution in [0.5, 0.6) is 0 Å². The lowest BCUT2D eigenvalue weighted by Gasteiger charge is -2.39. The maximum atomic E-state index is 12.4. The second-order valence-electron chi connectivity index (χ2n) is 5.96. The average molecular weight is 330 g/mol. The molecule has 0 saturated carbocycles. The molecule has 1 atom stereocenters. The van der Waals surface area contributed by atoms with Crippen LogP contribution in [0.25, 0.3) is 0 Å². The van der Waals surface area contributed by atoms with Crippen molar-refractivity contribution in [1.29, 1.82) is 5.26 Å². The summed E-state index contributed by atoms with van der Waals surface area (Å²) in [4.78, 5) is 16.7. The van der Waals surface area contributed by atoms with Gasteiger partial charge in [0, 0.05) is 44.5 Å². The summed E-state index contributed by atoms with van der Waals surface area (Å²) < 4.78 is 5.41. The fraction of sp³-hybridized carbons (Fsp3) is 0.556. The fourth-order valence-corrected chi connectivity index (χ4v) is 2.83. The van der Waals surface area contributed by atoms with Gasteiger partial charge in [-0.25, -0.2) is 0 Å². The Morgan fingerprint density at radius 1 is 1.38 bits per heavy atom. The molecule has 0 spiro atoms. The van der Waals surface area contributed by atoms with Gasteiger partial charge in [-0.2, -0.15) is 5.26 Å².